The summed E-state index contributed by atoms with van der Waals surface area (Å²) < 4.78 is 5.38. The van der Waals surface area contributed by atoms with Crippen molar-refractivity contribution in [2.45, 2.75) is 45.3 Å². The zero-order chi connectivity index (χ0) is 10.1. The quantitative estimate of drug-likeness (QED) is 0.720. The topological polar surface area (TPSA) is 38.3 Å². The molecule has 1 rings (SSSR count). The Balaban J connectivity index is 2.73. The van der Waals surface area contributed by atoms with Crippen molar-refractivity contribution in [1.29, 1.82) is 0 Å². The van der Waals surface area contributed by atoms with Crippen LogP contribution in [0.5, 0.6) is 0 Å². The van der Waals surface area contributed by atoms with Crippen LogP contribution in [-0.4, -0.2) is 24.7 Å². The number of carbonyl (C=O) groups is 1. The van der Waals surface area contributed by atoms with Crippen molar-refractivity contribution in [2.75, 3.05) is 7.11 Å². The van der Waals surface area contributed by atoms with Gasteiger partial charge >= 0.3 is 0 Å². The Labute approximate surface area is 79.8 Å². The largest absolute Gasteiger partial charge is 0.381 e. The number of amides is 1. The first kappa shape index (κ1) is 10.5. The van der Waals surface area contributed by atoms with E-state index in [1.54, 1.807) is 7.11 Å². The molecule has 1 aliphatic heterocycles. The predicted molar refractivity (Wildman–Crippen MR) is 51.4 cm³/mol. The van der Waals surface area contributed by atoms with Crippen molar-refractivity contribution < 1.29 is 9.53 Å². The van der Waals surface area contributed by atoms with Crippen LogP contribution in [0.25, 0.3) is 0 Å². The van der Waals surface area contributed by atoms with Gasteiger partial charge in [0.25, 0.3) is 0 Å². The third-order valence-electron chi connectivity index (χ3n) is 2.95. The number of ether oxygens (including phenoxy) is 1. The van der Waals surface area contributed by atoms with Crippen LogP contribution in [0.2, 0.25) is 0 Å². The first-order chi connectivity index (χ1) is 6.01. The zero-order valence-electron chi connectivity index (χ0n) is 8.89. The molecule has 0 aromatic heterocycles. The Morgan fingerprint density at radius 2 is 2.31 bits per heavy atom. The van der Waals surface area contributed by atoms with Gasteiger partial charge in [0.2, 0.25) is 5.91 Å². The molecule has 1 aliphatic rings. The normalized spacial score (nSPS) is 28.6. The summed E-state index contributed by atoms with van der Waals surface area (Å²) in [5, 5.41) is 2.97. The van der Waals surface area contributed by atoms with Crippen molar-refractivity contribution >= 4 is 5.91 Å². The smallest absolute Gasteiger partial charge is 0.220 e. The molecule has 1 saturated heterocycles. The van der Waals surface area contributed by atoms with E-state index in [1.165, 1.54) is 0 Å². The van der Waals surface area contributed by atoms with Crippen molar-refractivity contribution in [1.82, 2.24) is 5.32 Å². The summed E-state index contributed by atoms with van der Waals surface area (Å²) in [7, 11) is 1.72. The van der Waals surface area contributed by atoms with E-state index < -0.39 is 0 Å². The first-order valence-corrected chi connectivity index (χ1v) is 4.85. The highest BCUT2D eigenvalue weighted by Crippen LogP contribution is 2.32. The van der Waals surface area contributed by atoms with Gasteiger partial charge in [0.1, 0.15) is 0 Å². The lowest BCUT2D eigenvalue weighted by molar-refractivity contribution is -0.119. The summed E-state index contributed by atoms with van der Waals surface area (Å²) in [6.07, 6.45) is 1.74. The van der Waals surface area contributed by atoms with Gasteiger partial charge in [-0.2, -0.15) is 0 Å². The number of rotatable bonds is 3. The van der Waals surface area contributed by atoms with Crippen molar-refractivity contribution in [3.8, 4) is 0 Å². The average Bonchev–Trinajstić information content (AvgIpc) is 2.28. The highest BCUT2D eigenvalue weighted by Gasteiger charge is 2.42. The fourth-order valence-corrected chi connectivity index (χ4v) is 2.17. The summed E-state index contributed by atoms with van der Waals surface area (Å²) in [5.41, 5.74) is -0.117. The molecular weight excluding hydrogens is 166 g/mol. The molecule has 1 amide bonds. The number of hydrogen-bond donors (Lipinski definition) is 1. The molecule has 0 spiro atoms. The minimum absolute atomic E-state index is 0.117. The van der Waals surface area contributed by atoms with Crippen LogP contribution in [0, 0.1) is 5.92 Å². The van der Waals surface area contributed by atoms with E-state index in [2.05, 4.69) is 26.1 Å². The van der Waals surface area contributed by atoms with Gasteiger partial charge in [-0.3, -0.25) is 4.79 Å². The van der Waals surface area contributed by atoms with Crippen LogP contribution in [0.3, 0.4) is 0 Å². The van der Waals surface area contributed by atoms with E-state index in [4.69, 9.17) is 4.74 Å². The molecule has 0 aromatic carbocycles. The summed E-state index contributed by atoms with van der Waals surface area (Å²) in [6.45, 7) is 6.21. The second kappa shape index (κ2) is 3.66. The summed E-state index contributed by atoms with van der Waals surface area (Å²) >= 11 is 0. The summed E-state index contributed by atoms with van der Waals surface area (Å²) in [5.74, 6) is 0.445. The minimum Gasteiger partial charge on any atom is -0.381 e. The molecule has 3 nitrogen and oxygen atoms in total. The maximum atomic E-state index is 11.2. The number of carbonyl (C=O) groups excluding carboxylic acids is 1. The highest BCUT2D eigenvalue weighted by atomic mass is 16.5. The van der Waals surface area contributed by atoms with Gasteiger partial charge in [-0.05, 0) is 20.3 Å². The molecule has 13 heavy (non-hydrogen) atoms. The minimum atomic E-state index is -0.117. The standard InChI is InChI=1S/C10H19NO2/c1-5-8(13-4)7-6-9(12)11-10(7,2)3/h7-8H,5-6H2,1-4H3,(H,11,12). The van der Waals surface area contributed by atoms with Gasteiger partial charge < -0.3 is 10.1 Å². The van der Waals surface area contributed by atoms with Crippen molar-refractivity contribution in [3.63, 3.8) is 0 Å². The fraction of sp³-hybridized carbons (Fsp3) is 0.900. The van der Waals surface area contributed by atoms with E-state index in [1.807, 2.05) is 0 Å². The first-order valence-electron chi connectivity index (χ1n) is 4.85. The Kier molecular flexibility index (Phi) is 2.96. The van der Waals surface area contributed by atoms with Crippen LogP contribution in [-0.2, 0) is 9.53 Å². The van der Waals surface area contributed by atoms with Crippen LogP contribution in [0.4, 0.5) is 0 Å². The monoisotopic (exact) mass is 185 g/mol. The molecule has 1 fully saturated rings. The van der Waals surface area contributed by atoms with Crippen molar-refractivity contribution in [2.24, 2.45) is 5.92 Å². The summed E-state index contributed by atoms with van der Waals surface area (Å²) in [4.78, 5) is 11.2. The van der Waals surface area contributed by atoms with Crippen molar-refractivity contribution in [3.05, 3.63) is 0 Å². The van der Waals surface area contributed by atoms with E-state index in [0.29, 0.717) is 12.3 Å². The van der Waals surface area contributed by atoms with E-state index in [0.717, 1.165) is 6.42 Å². The molecule has 0 aromatic rings. The number of nitrogens with one attached hydrogen (secondary N) is 1. The molecule has 2 atom stereocenters. The van der Waals surface area contributed by atoms with E-state index in [-0.39, 0.29) is 17.6 Å². The molecular formula is C10H19NO2. The molecule has 0 aliphatic carbocycles. The molecule has 0 saturated carbocycles. The van der Waals surface area contributed by atoms with Gasteiger partial charge in [-0.15, -0.1) is 0 Å². The van der Waals surface area contributed by atoms with Crippen LogP contribution < -0.4 is 5.32 Å². The molecule has 76 valence electrons. The molecule has 0 bridgehead atoms. The molecule has 0 radical (unpaired) electrons. The van der Waals surface area contributed by atoms with E-state index in [9.17, 15) is 4.79 Å². The van der Waals surface area contributed by atoms with Gasteiger partial charge in [0.05, 0.1) is 6.10 Å². The Bertz CT molecular complexity index is 197. The van der Waals surface area contributed by atoms with Gasteiger partial charge in [-0.1, -0.05) is 6.92 Å². The predicted octanol–water partition coefficient (Wildman–Crippen LogP) is 1.33. The lowest BCUT2D eigenvalue weighted by Crippen LogP contribution is -2.44. The molecule has 3 heteroatoms. The van der Waals surface area contributed by atoms with Gasteiger partial charge in [-0.25, -0.2) is 0 Å². The summed E-state index contributed by atoms with van der Waals surface area (Å²) in [6, 6.07) is 0. The maximum Gasteiger partial charge on any atom is 0.220 e. The highest BCUT2D eigenvalue weighted by molar-refractivity contribution is 5.80. The fourth-order valence-electron chi connectivity index (χ4n) is 2.17. The average molecular weight is 185 g/mol. The maximum absolute atomic E-state index is 11.2. The second-order valence-corrected chi connectivity index (χ2v) is 4.26. The number of hydrogen-bond acceptors (Lipinski definition) is 2. The van der Waals surface area contributed by atoms with Gasteiger partial charge in [0, 0.05) is 25.0 Å². The van der Waals surface area contributed by atoms with Gasteiger partial charge in [0.15, 0.2) is 0 Å². The Morgan fingerprint density at radius 1 is 1.69 bits per heavy atom. The zero-order valence-corrected chi connectivity index (χ0v) is 8.89. The third-order valence-corrected chi connectivity index (χ3v) is 2.95. The van der Waals surface area contributed by atoms with E-state index >= 15 is 0 Å². The second-order valence-electron chi connectivity index (χ2n) is 4.26. The third kappa shape index (κ3) is 2.02. The Hall–Kier alpha value is -0.570. The van der Waals surface area contributed by atoms with Crippen LogP contribution in [0.1, 0.15) is 33.6 Å². The molecule has 2 unspecified atom stereocenters. The lowest BCUT2D eigenvalue weighted by Gasteiger charge is -2.31. The molecule has 1 heterocycles. The number of methoxy groups -OCH3 is 1. The Morgan fingerprint density at radius 3 is 2.62 bits per heavy atom. The molecule has 1 N–H and O–H groups in total. The van der Waals surface area contributed by atoms with Crippen LogP contribution in [0.15, 0.2) is 0 Å². The SMILES string of the molecule is CCC(OC)C1CC(=O)NC1(C)C. The van der Waals surface area contributed by atoms with Crippen LogP contribution >= 0.6 is 0 Å². The lowest BCUT2D eigenvalue weighted by atomic mass is 9.83.